The van der Waals surface area contributed by atoms with E-state index in [4.69, 9.17) is 9.47 Å². The summed E-state index contributed by atoms with van der Waals surface area (Å²) in [5.74, 6) is 2.05. The van der Waals surface area contributed by atoms with Gasteiger partial charge in [-0.15, -0.1) is 0 Å². The minimum absolute atomic E-state index is 0.117. The average molecular weight is 473 g/mol. The fourth-order valence-corrected chi connectivity index (χ4v) is 4.95. The molecule has 0 aromatic heterocycles. The van der Waals surface area contributed by atoms with Crippen molar-refractivity contribution >= 4 is 11.6 Å². The number of methoxy groups -OCH3 is 2. The first kappa shape index (κ1) is 24.8. The summed E-state index contributed by atoms with van der Waals surface area (Å²) >= 11 is 0. The molecule has 5 nitrogen and oxygen atoms in total. The van der Waals surface area contributed by atoms with Gasteiger partial charge in [0.05, 0.1) is 14.2 Å². The molecule has 0 atom stereocenters. The van der Waals surface area contributed by atoms with E-state index in [0.29, 0.717) is 17.5 Å². The zero-order chi connectivity index (χ0) is 24.9. The first-order valence-corrected chi connectivity index (χ1v) is 12.4. The highest BCUT2D eigenvalue weighted by atomic mass is 16.5. The Morgan fingerprint density at radius 3 is 2.26 bits per heavy atom. The second-order valence-corrected chi connectivity index (χ2v) is 9.57. The van der Waals surface area contributed by atoms with Crippen molar-refractivity contribution in [3.05, 3.63) is 77.4 Å². The van der Waals surface area contributed by atoms with Crippen molar-refractivity contribution in [2.75, 3.05) is 32.6 Å². The summed E-state index contributed by atoms with van der Waals surface area (Å²) in [7, 11) is 3.38. The van der Waals surface area contributed by atoms with E-state index in [1.54, 1.807) is 14.2 Å². The number of hydrogen-bond donors (Lipinski definition) is 1. The normalized spacial score (nSPS) is 14.7. The van der Waals surface area contributed by atoms with Crippen LogP contribution in [0.2, 0.25) is 0 Å². The molecule has 3 aromatic rings. The number of amides is 1. The fraction of sp³-hybridized carbons (Fsp3) is 0.367. The predicted molar refractivity (Wildman–Crippen MR) is 143 cm³/mol. The van der Waals surface area contributed by atoms with Gasteiger partial charge >= 0.3 is 0 Å². The number of carbonyl (C=O) groups excluding carboxylic acids is 1. The molecule has 0 aliphatic carbocycles. The van der Waals surface area contributed by atoms with E-state index in [2.05, 4.69) is 37.1 Å². The van der Waals surface area contributed by atoms with Gasteiger partial charge in [-0.25, -0.2) is 0 Å². The van der Waals surface area contributed by atoms with Crippen molar-refractivity contribution in [1.82, 2.24) is 4.90 Å². The van der Waals surface area contributed by atoms with Gasteiger partial charge < -0.3 is 19.7 Å². The summed E-state index contributed by atoms with van der Waals surface area (Å²) in [5, 5.41) is 3.08. The summed E-state index contributed by atoms with van der Waals surface area (Å²) in [6.07, 6.45) is 2.19. The maximum atomic E-state index is 13.0. The number of nitrogens with zero attached hydrogens (tertiary/aromatic N) is 1. The second-order valence-electron chi connectivity index (χ2n) is 9.57. The Bertz CT molecular complexity index is 1160. The predicted octanol–water partition coefficient (Wildman–Crippen LogP) is 6.52. The summed E-state index contributed by atoms with van der Waals surface area (Å²) in [4.78, 5) is 15.5. The topological polar surface area (TPSA) is 50.8 Å². The van der Waals surface area contributed by atoms with Gasteiger partial charge in [0, 0.05) is 17.3 Å². The first-order valence-electron chi connectivity index (χ1n) is 12.4. The summed E-state index contributed by atoms with van der Waals surface area (Å²) in [6, 6.07) is 20.3. The molecule has 1 amide bonds. The Labute approximate surface area is 209 Å². The SMILES string of the molecule is COc1ccc(-c2ccc(C(=O)Nc3ccc(OC)c(C4CCN(C(C)C)CC4)c3)cc2)c(C)c1. The number of nitrogens with one attached hydrogen (secondary N) is 1. The quantitative estimate of drug-likeness (QED) is 0.425. The van der Waals surface area contributed by atoms with Gasteiger partial charge in [-0.3, -0.25) is 4.79 Å². The van der Waals surface area contributed by atoms with Crippen LogP contribution in [0.25, 0.3) is 11.1 Å². The third-order valence-corrected chi connectivity index (χ3v) is 7.08. The molecular formula is C30H36N2O3. The molecule has 1 fully saturated rings. The highest BCUT2D eigenvalue weighted by Crippen LogP contribution is 2.36. The largest absolute Gasteiger partial charge is 0.497 e. The highest BCUT2D eigenvalue weighted by molar-refractivity contribution is 6.04. The molecule has 0 saturated carbocycles. The van der Waals surface area contributed by atoms with E-state index >= 15 is 0 Å². The van der Waals surface area contributed by atoms with Crippen molar-refractivity contribution in [1.29, 1.82) is 0 Å². The molecule has 5 heteroatoms. The highest BCUT2D eigenvalue weighted by Gasteiger charge is 2.24. The molecular weight excluding hydrogens is 436 g/mol. The van der Waals surface area contributed by atoms with Crippen LogP contribution in [0.3, 0.4) is 0 Å². The lowest BCUT2D eigenvalue weighted by Crippen LogP contribution is -2.37. The van der Waals surface area contributed by atoms with Crippen LogP contribution in [-0.2, 0) is 0 Å². The number of hydrogen-bond acceptors (Lipinski definition) is 4. The third kappa shape index (κ3) is 5.68. The van der Waals surface area contributed by atoms with Crippen molar-refractivity contribution < 1.29 is 14.3 Å². The van der Waals surface area contributed by atoms with E-state index < -0.39 is 0 Å². The van der Waals surface area contributed by atoms with Gasteiger partial charge in [0.15, 0.2) is 0 Å². The standard InChI is InChI=1S/C30H36N2O3/c1-20(2)32-16-14-23(15-17-32)28-19-25(10-13-29(28)35-5)31-30(33)24-8-6-22(7-9-24)27-12-11-26(34-4)18-21(27)3/h6-13,18-20,23H,14-17H2,1-5H3,(H,31,33). The molecule has 1 heterocycles. The minimum Gasteiger partial charge on any atom is -0.497 e. The zero-order valence-corrected chi connectivity index (χ0v) is 21.4. The molecule has 0 radical (unpaired) electrons. The van der Waals surface area contributed by atoms with Crippen LogP contribution in [-0.4, -0.2) is 44.2 Å². The lowest BCUT2D eigenvalue weighted by Gasteiger charge is -2.35. The molecule has 1 aliphatic heterocycles. The lowest BCUT2D eigenvalue weighted by atomic mass is 9.88. The van der Waals surface area contributed by atoms with Crippen molar-refractivity contribution in [3.63, 3.8) is 0 Å². The molecule has 4 rings (SSSR count). The number of anilines is 1. The molecule has 1 N–H and O–H groups in total. The Morgan fingerprint density at radius 2 is 1.66 bits per heavy atom. The van der Waals surface area contributed by atoms with Gasteiger partial charge in [0.2, 0.25) is 0 Å². The average Bonchev–Trinajstić information content (AvgIpc) is 2.88. The van der Waals surface area contributed by atoms with Crippen molar-refractivity contribution in [3.8, 4) is 22.6 Å². The smallest absolute Gasteiger partial charge is 0.255 e. The summed E-state index contributed by atoms with van der Waals surface area (Å²) < 4.78 is 11.0. The van der Waals surface area contributed by atoms with Gasteiger partial charge in [0.1, 0.15) is 11.5 Å². The maximum absolute atomic E-state index is 13.0. The number of rotatable bonds is 7. The minimum atomic E-state index is -0.117. The Kier molecular flexibility index (Phi) is 7.76. The van der Waals surface area contributed by atoms with Crippen LogP contribution in [0.5, 0.6) is 11.5 Å². The van der Waals surface area contributed by atoms with E-state index in [1.165, 1.54) is 5.56 Å². The maximum Gasteiger partial charge on any atom is 0.255 e. The molecule has 1 saturated heterocycles. The number of ether oxygens (including phenoxy) is 2. The molecule has 184 valence electrons. The van der Waals surface area contributed by atoms with Gasteiger partial charge in [0.25, 0.3) is 5.91 Å². The van der Waals surface area contributed by atoms with Crippen LogP contribution in [0, 0.1) is 6.92 Å². The molecule has 0 unspecified atom stereocenters. The van der Waals surface area contributed by atoms with Crippen LogP contribution in [0.1, 0.15) is 54.1 Å². The van der Waals surface area contributed by atoms with E-state index in [1.807, 2.05) is 54.6 Å². The van der Waals surface area contributed by atoms with E-state index in [0.717, 1.165) is 59.8 Å². The fourth-order valence-electron chi connectivity index (χ4n) is 4.95. The third-order valence-electron chi connectivity index (χ3n) is 7.08. The molecule has 35 heavy (non-hydrogen) atoms. The Hall–Kier alpha value is -3.31. The Morgan fingerprint density at radius 1 is 0.943 bits per heavy atom. The Balaban J connectivity index is 1.47. The molecule has 3 aromatic carbocycles. The molecule has 0 bridgehead atoms. The number of benzene rings is 3. The molecule has 0 spiro atoms. The summed E-state index contributed by atoms with van der Waals surface area (Å²) in [6.45, 7) is 8.74. The lowest BCUT2D eigenvalue weighted by molar-refractivity contribution is 0.102. The number of aryl methyl sites for hydroxylation is 1. The van der Waals surface area contributed by atoms with Crippen LogP contribution >= 0.6 is 0 Å². The van der Waals surface area contributed by atoms with Crippen molar-refractivity contribution in [2.24, 2.45) is 0 Å². The number of likely N-dealkylation sites (tertiary alicyclic amines) is 1. The zero-order valence-electron chi connectivity index (χ0n) is 21.4. The van der Waals surface area contributed by atoms with Gasteiger partial charge in [-0.05, 0) is 117 Å². The van der Waals surface area contributed by atoms with Crippen molar-refractivity contribution in [2.45, 2.75) is 45.6 Å². The van der Waals surface area contributed by atoms with Crippen LogP contribution < -0.4 is 14.8 Å². The number of piperidine rings is 1. The monoisotopic (exact) mass is 472 g/mol. The van der Waals surface area contributed by atoms with Crippen LogP contribution in [0.4, 0.5) is 5.69 Å². The molecule has 1 aliphatic rings. The van der Waals surface area contributed by atoms with Gasteiger partial charge in [-0.1, -0.05) is 18.2 Å². The first-order chi connectivity index (χ1) is 16.9. The van der Waals surface area contributed by atoms with E-state index in [-0.39, 0.29) is 5.91 Å². The van der Waals surface area contributed by atoms with E-state index in [9.17, 15) is 4.79 Å². The van der Waals surface area contributed by atoms with Crippen LogP contribution in [0.15, 0.2) is 60.7 Å². The second kappa shape index (κ2) is 11.0. The van der Waals surface area contributed by atoms with Gasteiger partial charge in [-0.2, -0.15) is 0 Å². The number of carbonyl (C=O) groups is 1. The summed E-state index contributed by atoms with van der Waals surface area (Å²) in [5.41, 5.74) is 5.93.